The first-order valence-electron chi connectivity index (χ1n) is 6.78. The van der Waals surface area contributed by atoms with Gasteiger partial charge in [0.15, 0.2) is 0 Å². The fraction of sp³-hybridized carbons (Fsp3) is 0.769. The lowest BCUT2D eigenvalue weighted by Gasteiger charge is -2.37. The van der Waals surface area contributed by atoms with Gasteiger partial charge in [0.05, 0.1) is 23.5 Å². The second kappa shape index (κ2) is 5.38. The summed E-state index contributed by atoms with van der Waals surface area (Å²) in [5.74, 6) is 1.07. The van der Waals surface area contributed by atoms with E-state index in [4.69, 9.17) is 10.5 Å². The van der Waals surface area contributed by atoms with E-state index >= 15 is 0 Å². The van der Waals surface area contributed by atoms with E-state index < -0.39 is 0 Å². The van der Waals surface area contributed by atoms with Crippen LogP contribution >= 0.6 is 0 Å². The van der Waals surface area contributed by atoms with E-state index in [0.29, 0.717) is 18.9 Å². The first-order valence-corrected chi connectivity index (χ1v) is 6.78. The van der Waals surface area contributed by atoms with Crippen LogP contribution in [0.15, 0.2) is 0 Å². The minimum Gasteiger partial charge on any atom is -0.394 e. The van der Waals surface area contributed by atoms with Crippen LogP contribution in [-0.2, 0) is 11.8 Å². The molecule has 1 fully saturated rings. The molecule has 0 aliphatic carbocycles. The molecule has 0 radical (unpaired) electrons. The number of ether oxygens (including phenoxy) is 1. The van der Waals surface area contributed by atoms with Gasteiger partial charge in [-0.2, -0.15) is 5.10 Å². The summed E-state index contributed by atoms with van der Waals surface area (Å²) >= 11 is 0. The Labute approximate surface area is 113 Å². The largest absolute Gasteiger partial charge is 0.394 e. The Balaban J connectivity index is 2.27. The van der Waals surface area contributed by atoms with Crippen LogP contribution in [0.1, 0.15) is 38.3 Å². The van der Waals surface area contributed by atoms with Crippen molar-refractivity contribution in [2.45, 2.75) is 38.1 Å². The zero-order chi connectivity index (χ0) is 14.0. The van der Waals surface area contributed by atoms with Crippen molar-refractivity contribution < 1.29 is 9.84 Å². The van der Waals surface area contributed by atoms with Crippen LogP contribution in [0.25, 0.3) is 0 Å². The van der Waals surface area contributed by atoms with E-state index in [1.807, 2.05) is 7.05 Å². The number of hydrogen-bond donors (Lipinski definition) is 3. The zero-order valence-electron chi connectivity index (χ0n) is 11.9. The van der Waals surface area contributed by atoms with E-state index in [0.717, 1.165) is 24.4 Å². The fourth-order valence-electron chi connectivity index (χ4n) is 2.47. The number of anilines is 2. The molecule has 1 saturated heterocycles. The van der Waals surface area contributed by atoms with Crippen molar-refractivity contribution in [1.29, 1.82) is 0 Å². The Bertz CT molecular complexity index is 436. The van der Waals surface area contributed by atoms with Crippen LogP contribution in [0.5, 0.6) is 0 Å². The molecule has 1 aliphatic heterocycles. The summed E-state index contributed by atoms with van der Waals surface area (Å²) in [4.78, 5) is 0. The van der Waals surface area contributed by atoms with Crippen LogP contribution in [0.2, 0.25) is 0 Å². The third-order valence-corrected chi connectivity index (χ3v) is 3.80. The van der Waals surface area contributed by atoms with Gasteiger partial charge in [-0.25, -0.2) is 0 Å². The predicted molar refractivity (Wildman–Crippen MR) is 75.2 cm³/mol. The highest BCUT2D eigenvalue weighted by molar-refractivity contribution is 5.66. The Kier molecular flexibility index (Phi) is 4.01. The molecule has 0 saturated carbocycles. The quantitative estimate of drug-likeness (QED) is 0.761. The molecule has 0 spiro atoms. The van der Waals surface area contributed by atoms with Gasteiger partial charge >= 0.3 is 0 Å². The first-order chi connectivity index (χ1) is 8.99. The van der Waals surface area contributed by atoms with Crippen LogP contribution in [-0.4, -0.2) is 40.2 Å². The highest BCUT2D eigenvalue weighted by Crippen LogP contribution is 2.32. The summed E-state index contributed by atoms with van der Waals surface area (Å²) in [7, 11) is 1.87. The summed E-state index contributed by atoms with van der Waals surface area (Å²) in [5.41, 5.74) is 7.40. The fourth-order valence-corrected chi connectivity index (χ4v) is 2.47. The molecular weight excluding hydrogens is 244 g/mol. The summed E-state index contributed by atoms with van der Waals surface area (Å²) in [6.45, 7) is 5.51. The molecule has 1 aromatic heterocycles. The molecule has 19 heavy (non-hydrogen) atoms. The summed E-state index contributed by atoms with van der Waals surface area (Å²) < 4.78 is 7.12. The molecule has 1 aliphatic rings. The van der Waals surface area contributed by atoms with E-state index in [1.54, 1.807) is 4.68 Å². The molecule has 0 aromatic carbocycles. The average molecular weight is 268 g/mol. The van der Waals surface area contributed by atoms with Gasteiger partial charge in [0, 0.05) is 20.3 Å². The molecule has 0 bridgehead atoms. The summed E-state index contributed by atoms with van der Waals surface area (Å²) in [6.07, 6.45) is 1.54. The van der Waals surface area contributed by atoms with E-state index in [2.05, 4.69) is 24.3 Å². The maximum Gasteiger partial charge on any atom is 0.148 e. The van der Waals surface area contributed by atoms with Crippen molar-refractivity contribution in [2.75, 3.05) is 30.9 Å². The van der Waals surface area contributed by atoms with Gasteiger partial charge in [0.2, 0.25) is 0 Å². The smallest absolute Gasteiger partial charge is 0.148 e. The van der Waals surface area contributed by atoms with E-state index in [9.17, 15) is 5.11 Å². The van der Waals surface area contributed by atoms with Crippen molar-refractivity contribution >= 4 is 11.5 Å². The van der Waals surface area contributed by atoms with Crippen LogP contribution in [0, 0.1) is 0 Å². The molecule has 0 amide bonds. The minimum atomic E-state index is -0.353. The predicted octanol–water partition coefficient (Wildman–Crippen LogP) is 1.08. The molecule has 2 heterocycles. The number of nitrogens with one attached hydrogen (secondary N) is 1. The highest BCUT2D eigenvalue weighted by atomic mass is 16.5. The molecule has 2 rings (SSSR count). The van der Waals surface area contributed by atoms with Gasteiger partial charge in [-0.1, -0.05) is 13.8 Å². The second-order valence-corrected chi connectivity index (χ2v) is 5.60. The molecule has 1 aromatic rings. The van der Waals surface area contributed by atoms with Gasteiger partial charge in [-0.15, -0.1) is 0 Å². The van der Waals surface area contributed by atoms with Crippen molar-refractivity contribution in [1.82, 2.24) is 9.78 Å². The topological polar surface area (TPSA) is 85.3 Å². The Morgan fingerprint density at radius 2 is 2.11 bits per heavy atom. The monoisotopic (exact) mass is 268 g/mol. The molecule has 6 heteroatoms. The van der Waals surface area contributed by atoms with Crippen molar-refractivity contribution in [3.05, 3.63) is 5.69 Å². The van der Waals surface area contributed by atoms with Gasteiger partial charge in [-0.3, -0.25) is 4.68 Å². The lowest BCUT2D eigenvalue weighted by Crippen LogP contribution is -2.47. The normalized spacial score (nSPS) is 18.8. The Morgan fingerprint density at radius 3 is 2.58 bits per heavy atom. The number of aliphatic hydroxyl groups excluding tert-OH is 1. The lowest BCUT2D eigenvalue weighted by atomic mass is 9.91. The number of nitrogen functional groups attached to an aromatic ring is 1. The number of aryl methyl sites for hydroxylation is 1. The number of nitrogens with zero attached hydrogens (tertiary/aromatic N) is 2. The summed E-state index contributed by atoms with van der Waals surface area (Å²) in [5, 5.41) is 17.6. The molecule has 0 unspecified atom stereocenters. The van der Waals surface area contributed by atoms with Gasteiger partial charge in [0.25, 0.3) is 0 Å². The SMILES string of the molecule is CC(C)c1nn(C)c(NC2(CO)CCOCC2)c1N. The minimum absolute atomic E-state index is 0.0675. The average Bonchev–Trinajstić information content (AvgIpc) is 2.68. The maximum atomic E-state index is 9.71. The molecule has 6 nitrogen and oxygen atoms in total. The maximum absolute atomic E-state index is 9.71. The van der Waals surface area contributed by atoms with Crippen LogP contribution in [0.3, 0.4) is 0 Å². The Hall–Kier alpha value is -1.27. The molecule has 108 valence electrons. The first kappa shape index (κ1) is 14.1. The van der Waals surface area contributed by atoms with Crippen LogP contribution < -0.4 is 11.1 Å². The molecular formula is C13H24N4O2. The van der Waals surface area contributed by atoms with Gasteiger partial charge in [0.1, 0.15) is 5.82 Å². The lowest BCUT2D eigenvalue weighted by molar-refractivity contribution is 0.0377. The third kappa shape index (κ3) is 2.69. The van der Waals surface area contributed by atoms with Gasteiger partial charge in [-0.05, 0) is 18.8 Å². The van der Waals surface area contributed by atoms with Crippen molar-refractivity contribution in [2.24, 2.45) is 7.05 Å². The van der Waals surface area contributed by atoms with Gasteiger partial charge < -0.3 is 20.9 Å². The standard InChI is InChI=1S/C13H24N4O2/c1-9(2)11-10(14)12(17(3)16-11)15-13(8-18)4-6-19-7-5-13/h9,15,18H,4-8,14H2,1-3H3. The third-order valence-electron chi connectivity index (χ3n) is 3.80. The number of hydrogen-bond acceptors (Lipinski definition) is 5. The number of nitrogens with two attached hydrogens (primary N) is 1. The zero-order valence-corrected chi connectivity index (χ0v) is 11.9. The van der Waals surface area contributed by atoms with Crippen molar-refractivity contribution in [3.63, 3.8) is 0 Å². The van der Waals surface area contributed by atoms with E-state index in [-0.39, 0.29) is 18.1 Å². The Morgan fingerprint density at radius 1 is 1.47 bits per heavy atom. The van der Waals surface area contributed by atoms with E-state index in [1.165, 1.54) is 0 Å². The molecule has 0 atom stereocenters. The summed E-state index contributed by atoms with van der Waals surface area (Å²) in [6, 6.07) is 0. The van der Waals surface area contributed by atoms with Crippen molar-refractivity contribution in [3.8, 4) is 0 Å². The molecule has 4 N–H and O–H groups in total. The second-order valence-electron chi connectivity index (χ2n) is 5.60. The number of rotatable bonds is 4. The number of aromatic nitrogens is 2. The highest BCUT2D eigenvalue weighted by Gasteiger charge is 2.33. The van der Waals surface area contributed by atoms with Crippen LogP contribution in [0.4, 0.5) is 11.5 Å². The number of aliphatic hydroxyl groups is 1.